The molecule has 4 heteroatoms. The first-order valence-corrected chi connectivity index (χ1v) is 7.49. The van der Waals surface area contributed by atoms with Gasteiger partial charge in [0, 0.05) is 15.4 Å². The third-order valence-electron chi connectivity index (χ3n) is 2.84. The lowest BCUT2D eigenvalue weighted by molar-refractivity contribution is 0.102. The van der Waals surface area contributed by atoms with Crippen molar-refractivity contribution < 1.29 is 4.79 Å². The molecule has 0 spiro atoms. The summed E-state index contributed by atoms with van der Waals surface area (Å²) in [5.74, 6) is -0.0804. The summed E-state index contributed by atoms with van der Waals surface area (Å²) in [4.78, 5) is 12.1. The van der Waals surface area contributed by atoms with E-state index in [0.29, 0.717) is 5.56 Å². The summed E-state index contributed by atoms with van der Waals surface area (Å²) >= 11 is 5.00. The molecule has 3 aromatic rings. The van der Waals surface area contributed by atoms with Gasteiger partial charge in [-0.15, -0.1) is 0 Å². The third kappa shape index (κ3) is 2.69. The molecule has 0 bridgehead atoms. The molecule has 1 N–H and O–H groups in total. The number of hydrogen-bond acceptors (Lipinski definition) is 2. The molecule has 0 unspecified atom stereocenters. The van der Waals surface area contributed by atoms with Gasteiger partial charge in [-0.2, -0.15) is 11.3 Å². The summed E-state index contributed by atoms with van der Waals surface area (Å²) in [6, 6.07) is 13.6. The van der Waals surface area contributed by atoms with Crippen LogP contribution in [0.2, 0.25) is 0 Å². The Labute approximate surface area is 123 Å². The van der Waals surface area contributed by atoms with Crippen molar-refractivity contribution in [1.82, 2.24) is 0 Å². The normalized spacial score (nSPS) is 10.6. The van der Waals surface area contributed by atoms with Gasteiger partial charge in [-0.3, -0.25) is 4.79 Å². The van der Waals surface area contributed by atoms with Crippen molar-refractivity contribution in [1.29, 1.82) is 0 Å². The van der Waals surface area contributed by atoms with Gasteiger partial charge in [-0.25, -0.2) is 0 Å². The predicted molar refractivity (Wildman–Crippen MR) is 83.9 cm³/mol. The van der Waals surface area contributed by atoms with Crippen LogP contribution in [0.5, 0.6) is 0 Å². The standard InChI is InChI=1S/C15H10BrNOS/c16-13-4-3-10-7-12(2-1-11(10)8-13)15(18)17-14-5-6-19-9-14/h1-9H,(H,17,18). The van der Waals surface area contributed by atoms with Crippen LogP contribution in [0.15, 0.2) is 57.7 Å². The van der Waals surface area contributed by atoms with Crippen molar-refractivity contribution in [2.45, 2.75) is 0 Å². The van der Waals surface area contributed by atoms with Crippen molar-refractivity contribution in [2.24, 2.45) is 0 Å². The maximum atomic E-state index is 12.1. The number of benzene rings is 2. The van der Waals surface area contributed by atoms with E-state index >= 15 is 0 Å². The Morgan fingerprint density at radius 2 is 1.84 bits per heavy atom. The minimum atomic E-state index is -0.0804. The fraction of sp³-hybridized carbons (Fsp3) is 0. The summed E-state index contributed by atoms with van der Waals surface area (Å²) in [6.45, 7) is 0. The Hall–Kier alpha value is -1.65. The van der Waals surface area contributed by atoms with Crippen molar-refractivity contribution in [3.8, 4) is 0 Å². The topological polar surface area (TPSA) is 29.1 Å². The summed E-state index contributed by atoms with van der Waals surface area (Å²) in [5.41, 5.74) is 1.51. The van der Waals surface area contributed by atoms with Crippen molar-refractivity contribution in [2.75, 3.05) is 5.32 Å². The monoisotopic (exact) mass is 331 g/mol. The molecule has 0 saturated heterocycles. The number of nitrogens with one attached hydrogen (secondary N) is 1. The quantitative estimate of drug-likeness (QED) is 0.709. The lowest BCUT2D eigenvalue weighted by Crippen LogP contribution is -2.10. The van der Waals surface area contributed by atoms with Gasteiger partial charge in [0.1, 0.15) is 0 Å². The van der Waals surface area contributed by atoms with Gasteiger partial charge in [-0.1, -0.05) is 28.1 Å². The van der Waals surface area contributed by atoms with Gasteiger partial charge in [-0.05, 0) is 46.5 Å². The highest BCUT2D eigenvalue weighted by Crippen LogP contribution is 2.21. The highest BCUT2D eigenvalue weighted by Gasteiger charge is 2.07. The molecule has 0 saturated carbocycles. The second kappa shape index (κ2) is 5.15. The zero-order chi connectivity index (χ0) is 13.2. The lowest BCUT2D eigenvalue weighted by Gasteiger charge is -2.05. The van der Waals surface area contributed by atoms with E-state index in [-0.39, 0.29) is 5.91 Å². The van der Waals surface area contributed by atoms with Crippen LogP contribution in [0.3, 0.4) is 0 Å². The predicted octanol–water partition coefficient (Wildman–Crippen LogP) is 4.92. The number of amides is 1. The van der Waals surface area contributed by atoms with Crippen LogP contribution in [0.1, 0.15) is 10.4 Å². The van der Waals surface area contributed by atoms with E-state index in [0.717, 1.165) is 20.9 Å². The highest BCUT2D eigenvalue weighted by atomic mass is 79.9. The minimum absolute atomic E-state index is 0.0804. The fourth-order valence-corrected chi connectivity index (χ4v) is 2.86. The first-order valence-electron chi connectivity index (χ1n) is 5.75. The minimum Gasteiger partial charge on any atom is -0.321 e. The van der Waals surface area contributed by atoms with Crippen molar-refractivity contribution >= 4 is 49.6 Å². The largest absolute Gasteiger partial charge is 0.321 e. The van der Waals surface area contributed by atoms with Crippen molar-refractivity contribution in [3.63, 3.8) is 0 Å². The summed E-state index contributed by atoms with van der Waals surface area (Å²) in [5, 5.41) is 8.90. The Bertz CT molecular complexity index is 737. The van der Waals surface area contributed by atoms with Crippen LogP contribution in [-0.2, 0) is 0 Å². The molecule has 1 aromatic heterocycles. The molecule has 0 aliphatic rings. The number of anilines is 1. The highest BCUT2D eigenvalue weighted by molar-refractivity contribution is 9.10. The van der Waals surface area contributed by atoms with E-state index in [2.05, 4.69) is 21.2 Å². The zero-order valence-corrected chi connectivity index (χ0v) is 12.3. The lowest BCUT2D eigenvalue weighted by atomic mass is 10.1. The van der Waals surface area contributed by atoms with E-state index in [1.54, 1.807) is 11.3 Å². The maximum Gasteiger partial charge on any atom is 0.255 e. The molecular weight excluding hydrogens is 322 g/mol. The summed E-state index contributed by atoms with van der Waals surface area (Å²) in [7, 11) is 0. The Kier molecular flexibility index (Phi) is 3.36. The zero-order valence-electron chi connectivity index (χ0n) is 9.89. The number of fused-ring (bicyclic) bond motifs is 1. The molecule has 1 amide bonds. The van der Waals surface area contributed by atoms with Crippen LogP contribution < -0.4 is 5.32 Å². The molecule has 0 radical (unpaired) electrons. The molecule has 0 atom stereocenters. The van der Waals surface area contributed by atoms with Gasteiger partial charge < -0.3 is 5.32 Å². The molecule has 0 aliphatic carbocycles. The first-order chi connectivity index (χ1) is 9.22. The van der Waals surface area contributed by atoms with Crippen LogP contribution in [0.4, 0.5) is 5.69 Å². The number of carbonyl (C=O) groups is 1. The summed E-state index contributed by atoms with van der Waals surface area (Å²) < 4.78 is 1.04. The molecular formula is C15H10BrNOS. The van der Waals surface area contributed by atoms with Gasteiger partial charge in [0.2, 0.25) is 0 Å². The number of rotatable bonds is 2. The summed E-state index contributed by atoms with van der Waals surface area (Å²) in [6.07, 6.45) is 0. The van der Waals surface area contributed by atoms with Crippen molar-refractivity contribution in [3.05, 3.63) is 63.3 Å². The van der Waals surface area contributed by atoms with Crippen LogP contribution in [0.25, 0.3) is 10.8 Å². The Morgan fingerprint density at radius 1 is 1.05 bits per heavy atom. The maximum absolute atomic E-state index is 12.1. The second-order valence-corrected chi connectivity index (χ2v) is 5.87. The smallest absolute Gasteiger partial charge is 0.255 e. The molecule has 2 aromatic carbocycles. The van der Waals surface area contributed by atoms with Gasteiger partial charge in [0.25, 0.3) is 5.91 Å². The van der Waals surface area contributed by atoms with E-state index in [1.807, 2.05) is 53.2 Å². The number of hydrogen-bond donors (Lipinski definition) is 1. The number of thiophene rings is 1. The van der Waals surface area contributed by atoms with Gasteiger partial charge >= 0.3 is 0 Å². The molecule has 94 valence electrons. The van der Waals surface area contributed by atoms with E-state index in [4.69, 9.17) is 0 Å². The number of halogens is 1. The average molecular weight is 332 g/mol. The van der Waals surface area contributed by atoms with Crippen LogP contribution in [0, 0.1) is 0 Å². The molecule has 2 nitrogen and oxygen atoms in total. The molecule has 0 aliphatic heterocycles. The van der Waals surface area contributed by atoms with Crippen LogP contribution in [-0.4, -0.2) is 5.91 Å². The van der Waals surface area contributed by atoms with Crippen LogP contribution >= 0.6 is 27.3 Å². The van der Waals surface area contributed by atoms with Gasteiger partial charge in [0.15, 0.2) is 0 Å². The second-order valence-electron chi connectivity index (χ2n) is 4.17. The van der Waals surface area contributed by atoms with E-state index in [9.17, 15) is 4.79 Å². The Morgan fingerprint density at radius 3 is 2.63 bits per heavy atom. The Balaban J connectivity index is 1.92. The SMILES string of the molecule is O=C(Nc1ccsc1)c1ccc2cc(Br)ccc2c1. The molecule has 19 heavy (non-hydrogen) atoms. The van der Waals surface area contributed by atoms with E-state index < -0.39 is 0 Å². The number of carbonyl (C=O) groups excluding carboxylic acids is 1. The fourth-order valence-electron chi connectivity index (χ4n) is 1.90. The van der Waals surface area contributed by atoms with E-state index in [1.165, 1.54) is 0 Å². The average Bonchev–Trinajstić information content (AvgIpc) is 2.91. The van der Waals surface area contributed by atoms with Gasteiger partial charge in [0.05, 0.1) is 5.69 Å². The molecule has 3 rings (SSSR count). The molecule has 0 fully saturated rings. The third-order valence-corrected chi connectivity index (χ3v) is 4.02. The molecule has 1 heterocycles. The first kappa shape index (κ1) is 12.4.